The van der Waals surface area contributed by atoms with Gasteiger partial charge in [0.15, 0.2) is 12.4 Å². The molecule has 6 nitrogen and oxygen atoms in total. The van der Waals surface area contributed by atoms with Gasteiger partial charge in [0.1, 0.15) is 23.7 Å². The van der Waals surface area contributed by atoms with Crippen LogP contribution in [0.5, 0.6) is 0 Å². The Morgan fingerprint density at radius 2 is 1.79 bits per heavy atom. The standard InChI is InChI=1S/C22H24O6S/c1-2-29-22-17(23)19(27-20(24)14-9-5-3-6-10-14)18-16(26-22)13-25-21(28-18)15-11-7-4-8-12-15/h3-12,16-19,21-23H,2,13H2,1H3/t16-,17-,18+,19-,21+,22+/m1/s1. The number of aliphatic hydroxyl groups is 1. The first kappa shape index (κ1) is 20.4. The third-order valence-electron chi connectivity index (χ3n) is 4.96. The van der Waals surface area contributed by atoms with Gasteiger partial charge in [-0.05, 0) is 17.9 Å². The fraction of sp³-hybridized carbons (Fsp3) is 0.409. The van der Waals surface area contributed by atoms with Crippen molar-refractivity contribution in [1.29, 1.82) is 0 Å². The highest BCUT2D eigenvalue weighted by atomic mass is 32.2. The molecule has 2 aliphatic rings. The van der Waals surface area contributed by atoms with Crippen molar-refractivity contribution >= 4 is 17.7 Å². The highest BCUT2D eigenvalue weighted by Crippen LogP contribution is 2.38. The number of fused-ring (bicyclic) bond motifs is 1. The number of carbonyl (C=O) groups excluding carboxylic acids is 1. The topological polar surface area (TPSA) is 74.2 Å². The van der Waals surface area contributed by atoms with E-state index in [9.17, 15) is 9.90 Å². The van der Waals surface area contributed by atoms with Crippen LogP contribution in [0.25, 0.3) is 0 Å². The molecule has 4 rings (SSSR count). The molecule has 2 saturated heterocycles. The summed E-state index contributed by atoms with van der Waals surface area (Å²) in [6.45, 7) is 2.27. The summed E-state index contributed by atoms with van der Waals surface area (Å²) in [5.74, 6) is 0.259. The smallest absolute Gasteiger partial charge is 0.338 e. The van der Waals surface area contributed by atoms with E-state index in [4.69, 9.17) is 18.9 Å². The third kappa shape index (κ3) is 4.49. The van der Waals surface area contributed by atoms with Crippen molar-refractivity contribution in [3.8, 4) is 0 Å². The zero-order chi connectivity index (χ0) is 20.2. The van der Waals surface area contributed by atoms with Crippen molar-refractivity contribution in [3.05, 3.63) is 71.8 Å². The number of hydrogen-bond donors (Lipinski definition) is 1. The molecule has 0 aromatic heterocycles. The van der Waals surface area contributed by atoms with Gasteiger partial charge in [0.2, 0.25) is 0 Å². The average Bonchev–Trinajstić information content (AvgIpc) is 2.77. The molecule has 2 aliphatic heterocycles. The van der Waals surface area contributed by atoms with Crippen LogP contribution in [0.15, 0.2) is 60.7 Å². The van der Waals surface area contributed by atoms with Gasteiger partial charge in [-0.1, -0.05) is 55.5 Å². The van der Waals surface area contributed by atoms with Gasteiger partial charge in [-0.25, -0.2) is 4.79 Å². The van der Waals surface area contributed by atoms with Gasteiger partial charge in [-0.2, -0.15) is 0 Å². The Labute approximate surface area is 174 Å². The van der Waals surface area contributed by atoms with Crippen LogP contribution in [0.2, 0.25) is 0 Å². The number of ether oxygens (including phenoxy) is 4. The highest BCUT2D eigenvalue weighted by molar-refractivity contribution is 7.99. The summed E-state index contributed by atoms with van der Waals surface area (Å²) in [4.78, 5) is 12.7. The second kappa shape index (κ2) is 9.28. The van der Waals surface area contributed by atoms with Crippen molar-refractivity contribution in [2.45, 2.75) is 43.1 Å². The summed E-state index contributed by atoms with van der Waals surface area (Å²) in [7, 11) is 0. The van der Waals surface area contributed by atoms with E-state index in [1.807, 2.05) is 43.3 Å². The summed E-state index contributed by atoms with van der Waals surface area (Å²) in [5.41, 5.74) is 0.767. The van der Waals surface area contributed by atoms with E-state index in [1.165, 1.54) is 11.8 Å². The largest absolute Gasteiger partial charge is 0.453 e. The van der Waals surface area contributed by atoms with E-state index in [0.29, 0.717) is 5.56 Å². The average molecular weight is 416 g/mol. The molecule has 29 heavy (non-hydrogen) atoms. The number of aliphatic hydroxyl groups excluding tert-OH is 1. The lowest BCUT2D eigenvalue weighted by atomic mass is 9.98. The van der Waals surface area contributed by atoms with Gasteiger partial charge >= 0.3 is 5.97 Å². The molecule has 2 aromatic carbocycles. The Morgan fingerprint density at radius 3 is 2.48 bits per heavy atom. The predicted octanol–water partition coefficient (Wildman–Crippen LogP) is 3.17. The van der Waals surface area contributed by atoms with E-state index in [-0.39, 0.29) is 6.61 Å². The molecule has 2 aromatic rings. The maximum absolute atomic E-state index is 12.7. The van der Waals surface area contributed by atoms with Crippen LogP contribution in [0.3, 0.4) is 0 Å². The number of carbonyl (C=O) groups is 1. The molecule has 0 aliphatic carbocycles. The molecule has 0 unspecified atom stereocenters. The number of rotatable bonds is 5. The second-order valence-corrected chi connectivity index (χ2v) is 8.28. The molecule has 7 heteroatoms. The zero-order valence-corrected chi connectivity index (χ0v) is 16.9. The normalized spacial score (nSPS) is 31.7. The lowest BCUT2D eigenvalue weighted by Crippen LogP contribution is -2.62. The van der Waals surface area contributed by atoms with Crippen molar-refractivity contribution in [2.24, 2.45) is 0 Å². The monoisotopic (exact) mass is 416 g/mol. The predicted molar refractivity (Wildman–Crippen MR) is 108 cm³/mol. The van der Waals surface area contributed by atoms with Crippen LogP contribution in [0.1, 0.15) is 29.1 Å². The maximum atomic E-state index is 12.7. The van der Waals surface area contributed by atoms with Gasteiger partial charge < -0.3 is 24.1 Å². The molecule has 0 bridgehead atoms. The minimum absolute atomic E-state index is 0.289. The molecule has 0 radical (unpaired) electrons. The number of benzene rings is 2. The quantitative estimate of drug-likeness (QED) is 0.751. The van der Waals surface area contributed by atoms with Crippen molar-refractivity contribution in [2.75, 3.05) is 12.4 Å². The summed E-state index contributed by atoms with van der Waals surface area (Å²) >= 11 is 1.47. The van der Waals surface area contributed by atoms with Crippen LogP contribution < -0.4 is 0 Å². The Morgan fingerprint density at radius 1 is 1.10 bits per heavy atom. The minimum Gasteiger partial charge on any atom is -0.453 e. The van der Waals surface area contributed by atoms with E-state index < -0.39 is 42.1 Å². The van der Waals surface area contributed by atoms with E-state index in [2.05, 4.69) is 0 Å². The van der Waals surface area contributed by atoms with Gasteiger partial charge in [-0.15, -0.1) is 11.8 Å². The van der Waals surface area contributed by atoms with Gasteiger partial charge in [0, 0.05) is 5.56 Å². The fourth-order valence-corrected chi connectivity index (χ4v) is 4.45. The van der Waals surface area contributed by atoms with E-state index >= 15 is 0 Å². The first-order valence-electron chi connectivity index (χ1n) is 9.70. The maximum Gasteiger partial charge on any atom is 0.338 e. The molecular weight excluding hydrogens is 392 g/mol. The molecule has 6 atom stereocenters. The Kier molecular flexibility index (Phi) is 6.52. The second-order valence-electron chi connectivity index (χ2n) is 6.90. The van der Waals surface area contributed by atoms with Gasteiger partial charge in [0.05, 0.1) is 12.2 Å². The highest BCUT2D eigenvalue weighted by Gasteiger charge is 2.51. The molecule has 0 amide bonds. The number of esters is 1. The molecular formula is C22H24O6S. The fourth-order valence-electron chi connectivity index (χ4n) is 3.54. The third-order valence-corrected chi connectivity index (χ3v) is 6.01. The molecule has 2 fully saturated rings. The number of hydrogen-bond acceptors (Lipinski definition) is 7. The molecule has 154 valence electrons. The van der Waals surface area contributed by atoms with Crippen LogP contribution in [0.4, 0.5) is 0 Å². The number of thioether (sulfide) groups is 1. The van der Waals surface area contributed by atoms with Gasteiger partial charge in [-0.3, -0.25) is 0 Å². The lowest BCUT2D eigenvalue weighted by molar-refractivity contribution is -0.317. The van der Waals surface area contributed by atoms with Crippen molar-refractivity contribution < 1.29 is 28.8 Å². The minimum atomic E-state index is -1.01. The molecule has 0 spiro atoms. The summed E-state index contributed by atoms with van der Waals surface area (Å²) in [6.07, 6.45) is -3.55. The Hall–Kier alpha value is -1.90. The molecule has 0 saturated carbocycles. The Balaban J connectivity index is 1.56. The molecule has 1 N–H and O–H groups in total. The van der Waals surface area contributed by atoms with Crippen molar-refractivity contribution in [3.63, 3.8) is 0 Å². The van der Waals surface area contributed by atoms with E-state index in [0.717, 1.165) is 11.3 Å². The van der Waals surface area contributed by atoms with Crippen LogP contribution in [0, 0.1) is 0 Å². The lowest BCUT2D eigenvalue weighted by Gasteiger charge is -2.47. The van der Waals surface area contributed by atoms with Crippen molar-refractivity contribution in [1.82, 2.24) is 0 Å². The summed E-state index contributed by atoms with van der Waals surface area (Å²) in [5, 5.41) is 10.9. The van der Waals surface area contributed by atoms with Crippen LogP contribution in [-0.2, 0) is 18.9 Å². The SMILES string of the molecule is CCS[C@@H]1O[C@@H]2CO[C@H](c3ccccc3)O[C@@H]2[C@H](OC(=O)c2ccccc2)[C@H]1O. The van der Waals surface area contributed by atoms with Gasteiger partial charge in [0.25, 0.3) is 0 Å². The zero-order valence-electron chi connectivity index (χ0n) is 16.0. The first-order chi connectivity index (χ1) is 14.2. The van der Waals surface area contributed by atoms with Crippen LogP contribution in [-0.4, -0.2) is 53.3 Å². The van der Waals surface area contributed by atoms with Crippen LogP contribution >= 0.6 is 11.8 Å². The Bertz CT molecular complexity index is 801. The first-order valence-corrected chi connectivity index (χ1v) is 10.8. The van der Waals surface area contributed by atoms with E-state index in [1.54, 1.807) is 24.3 Å². The summed E-state index contributed by atoms with van der Waals surface area (Å²) in [6, 6.07) is 18.3. The summed E-state index contributed by atoms with van der Waals surface area (Å²) < 4.78 is 23.8. The molecule has 2 heterocycles.